The van der Waals surface area contributed by atoms with Crippen molar-refractivity contribution in [2.24, 2.45) is 10.1 Å². The first-order chi connectivity index (χ1) is 21.8. The molecule has 45 heavy (non-hydrogen) atoms. The van der Waals surface area contributed by atoms with Crippen LogP contribution in [0, 0.1) is 11.6 Å². The zero-order valence-electron chi connectivity index (χ0n) is 23.9. The second-order valence-corrected chi connectivity index (χ2v) is 11.1. The van der Waals surface area contributed by atoms with Crippen LogP contribution in [0.25, 0.3) is 10.4 Å². The summed E-state index contributed by atoms with van der Waals surface area (Å²) in [6.45, 7) is 0.0464. The third-order valence-corrected chi connectivity index (χ3v) is 7.99. The Bertz CT molecular complexity index is 1760. The van der Waals surface area contributed by atoms with E-state index in [0.29, 0.717) is 45.6 Å². The summed E-state index contributed by atoms with van der Waals surface area (Å²) < 4.78 is 41.3. The Kier molecular flexibility index (Phi) is 10.1. The summed E-state index contributed by atoms with van der Waals surface area (Å²) in [5.74, 6) is -1.17. The van der Waals surface area contributed by atoms with Crippen molar-refractivity contribution in [1.82, 2.24) is 5.32 Å². The van der Waals surface area contributed by atoms with Crippen LogP contribution >= 0.6 is 15.9 Å². The van der Waals surface area contributed by atoms with E-state index in [0.717, 1.165) is 18.2 Å². The van der Waals surface area contributed by atoms with Crippen LogP contribution in [0.15, 0.2) is 106 Å². The van der Waals surface area contributed by atoms with Crippen LogP contribution in [0.5, 0.6) is 5.75 Å². The number of benzene rings is 4. The maximum Gasteiger partial charge on any atom is 0.252 e. The number of azide groups is 1. The Labute approximate surface area is 266 Å². The fourth-order valence-corrected chi connectivity index (χ4v) is 5.54. The molecule has 1 aliphatic rings. The molecule has 2 atom stereocenters. The van der Waals surface area contributed by atoms with Gasteiger partial charge in [-0.15, -0.1) is 0 Å². The molecular formula is C33H28BrF2N5O4. The van der Waals surface area contributed by atoms with Gasteiger partial charge in [0, 0.05) is 57.8 Å². The first-order valence-electron chi connectivity index (χ1n) is 14.0. The Morgan fingerprint density at radius 2 is 1.82 bits per heavy atom. The fraction of sp³-hybridized carbons (Fsp3) is 0.212. The number of hydrogen-bond acceptors (Lipinski definition) is 6. The molecule has 0 aromatic heterocycles. The zero-order valence-corrected chi connectivity index (χ0v) is 25.5. The van der Waals surface area contributed by atoms with E-state index in [2.05, 4.69) is 31.3 Å². The Hall–Kier alpha value is -4.77. The Morgan fingerprint density at radius 1 is 1.07 bits per heavy atom. The summed E-state index contributed by atoms with van der Waals surface area (Å²) in [6, 6.07) is 24.0. The van der Waals surface area contributed by atoms with Gasteiger partial charge in [0.05, 0.1) is 6.61 Å². The van der Waals surface area contributed by atoms with E-state index in [1.54, 1.807) is 60.7 Å². The number of halogens is 3. The highest BCUT2D eigenvalue weighted by Crippen LogP contribution is 2.45. The van der Waals surface area contributed by atoms with Gasteiger partial charge in [-0.25, -0.2) is 13.8 Å². The first kappa shape index (κ1) is 31.6. The summed E-state index contributed by atoms with van der Waals surface area (Å²) in [6.07, 6.45) is -0.558. The minimum absolute atomic E-state index is 0.0119. The van der Waals surface area contributed by atoms with Crippen molar-refractivity contribution in [1.29, 1.82) is 0 Å². The van der Waals surface area contributed by atoms with Crippen LogP contribution in [0.2, 0.25) is 0 Å². The summed E-state index contributed by atoms with van der Waals surface area (Å²) in [5.41, 5.74) is 9.52. The molecule has 1 aliphatic heterocycles. The molecule has 0 spiro atoms. The van der Waals surface area contributed by atoms with Crippen molar-refractivity contribution in [3.63, 3.8) is 0 Å². The number of aliphatic imine (C=N–C) groups is 1. The standard InChI is InChI=1S/C33H28BrF2N5O4/c34-27-8-3-2-7-26(27)30-33(19-22-6-1-4-9-29(22)40-41-37,32(43)38-20-23-18-24(35)12-15-28(23)36)39-31(45-30)21-10-13-25(14-11-21)44-17-5-16-42/h1-4,6-15,18,30,42H,5,16-17,19-20H2,(H,38,43)/t30-,33-/m1/s1. The van der Waals surface area contributed by atoms with Gasteiger partial charge in [-0.2, -0.15) is 0 Å². The summed E-state index contributed by atoms with van der Waals surface area (Å²) in [7, 11) is 0. The number of nitrogens with one attached hydrogen (secondary N) is 1. The van der Waals surface area contributed by atoms with Gasteiger partial charge in [0.15, 0.2) is 11.6 Å². The van der Waals surface area contributed by atoms with E-state index in [9.17, 15) is 19.1 Å². The molecule has 4 aromatic rings. The molecule has 4 aromatic carbocycles. The monoisotopic (exact) mass is 675 g/mol. The molecule has 9 nitrogen and oxygen atoms in total. The average molecular weight is 677 g/mol. The molecular weight excluding hydrogens is 648 g/mol. The highest BCUT2D eigenvalue weighted by molar-refractivity contribution is 9.10. The van der Waals surface area contributed by atoms with Crippen molar-refractivity contribution in [2.75, 3.05) is 13.2 Å². The third kappa shape index (κ3) is 7.15. The quantitative estimate of drug-likeness (QED) is 0.0709. The molecule has 0 fully saturated rings. The first-order valence-corrected chi connectivity index (χ1v) is 14.8. The van der Waals surface area contributed by atoms with Crippen LogP contribution in [0.4, 0.5) is 14.5 Å². The molecule has 1 amide bonds. The van der Waals surface area contributed by atoms with Gasteiger partial charge < -0.3 is 19.9 Å². The van der Waals surface area contributed by atoms with Gasteiger partial charge in [-0.1, -0.05) is 63.5 Å². The van der Waals surface area contributed by atoms with E-state index < -0.39 is 29.2 Å². The molecule has 0 saturated heterocycles. The molecule has 2 N–H and O–H groups in total. The molecule has 0 bridgehead atoms. The second-order valence-electron chi connectivity index (χ2n) is 10.2. The minimum Gasteiger partial charge on any atom is -0.494 e. The van der Waals surface area contributed by atoms with Gasteiger partial charge in [0.25, 0.3) is 5.91 Å². The van der Waals surface area contributed by atoms with Gasteiger partial charge in [0.2, 0.25) is 5.90 Å². The molecule has 0 unspecified atom stereocenters. The number of rotatable bonds is 12. The highest BCUT2D eigenvalue weighted by atomic mass is 79.9. The molecule has 0 saturated carbocycles. The number of carbonyl (C=O) groups excluding carboxylic acids is 1. The van der Waals surface area contributed by atoms with Crippen LogP contribution in [0.1, 0.15) is 34.8 Å². The maximum atomic E-state index is 14.5. The van der Waals surface area contributed by atoms with Gasteiger partial charge in [-0.05, 0) is 59.6 Å². The van der Waals surface area contributed by atoms with Crippen LogP contribution < -0.4 is 10.1 Å². The van der Waals surface area contributed by atoms with Crippen molar-refractivity contribution >= 4 is 33.4 Å². The van der Waals surface area contributed by atoms with E-state index in [-0.39, 0.29) is 31.0 Å². The number of aliphatic hydroxyl groups excluding tert-OH is 1. The average Bonchev–Trinajstić information content (AvgIpc) is 3.43. The molecule has 0 radical (unpaired) electrons. The lowest BCUT2D eigenvalue weighted by atomic mass is 9.81. The molecule has 230 valence electrons. The number of ether oxygens (including phenoxy) is 2. The SMILES string of the molecule is [N-]=[N+]=Nc1ccccc1C[C@@]1(C(=O)NCc2cc(F)ccc2F)N=C(c2ccc(OCCCO)cc2)O[C@@H]1c1ccccc1Br. The van der Waals surface area contributed by atoms with Gasteiger partial charge >= 0.3 is 0 Å². The van der Waals surface area contributed by atoms with Crippen LogP contribution in [-0.4, -0.2) is 35.7 Å². The van der Waals surface area contributed by atoms with E-state index >= 15 is 0 Å². The number of carbonyl (C=O) groups is 1. The number of aliphatic hydroxyl groups is 1. The maximum absolute atomic E-state index is 14.5. The van der Waals surface area contributed by atoms with Crippen LogP contribution in [0.3, 0.4) is 0 Å². The molecule has 5 rings (SSSR count). The summed E-state index contributed by atoms with van der Waals surface area (Å²) >= 11 is 3.59. The smallest absolute Gasteiger partial charge is 0.252 e. The zero-order chi connectivity index (χ0) is 31.8. The summed E-state index contributed by atoms with van der Waals surface area (Å²) in [4.78, 5) is 22.3. The normalized spacial score (nSPS) is 17.2. The van der Waals surface area contributed by atoms with E-state index in [1.165, 1.54) is 0 Å². The van der Waals surface area contributed by atoms with Crippen LogP contribution in [-0.2, 0) is 22.5 Å². The van der Waals surface area contributed by atoms with Crippen molar-refractivity contribution < 1.29 is 28.2 Å². The minimum atomic E-state index is -1.68. The highest BCUT2D eigenvalue weighted by Gasteiger charge is 2.54. The predicted molar refractivity (Wildman–Crippen MR) is 168 cm³/mol. The van der Waals surface area contributed by atoms with Crippen molar-refractivity contribution in [2.45, 2.75) is 31.0 Å². The molecule has 1 heterocycles. The lowest BCUT2D eigenvalue weighted by Crippen LogP contribution is -2.49. The molecule has 12 heteroatoms. The Morgan fingerprint density at radius 3 is 2.58 bits per heavy atom. The lowest BCUT2D eigenvalue weighted by Gasteiger charge is -2.31. The Balaban J connectivity index is 1.61. The second kappa shape index (κ2) is 14.3. The number of hydrogen-bond donors (Lipinski definition) is 2. The number of nitrogens with zero attached hydrogens (tertiary/aromatic N) is 4. The van der Waals surface area contributed by atoms with E-state index in [1.807, 2.05) is 12.1 Å². The third-order valence-electron chi connectivity index (χ3n) is 7.27. The largest absolute Gasteiger partial charge is 0.494 e. The number of amides is 1. The predicted octanol–water partition coefficient (Wildman–Crippen LogP) is 7.25. The van der Waals surface area contributed by atoms with Gasteiger partial charge in [-0.3, -0.25) is 4.79 Å². The van der Waals surface area contributed by atoms with Crippen molar-refractivity contribution in [3.05, 3.63) is 140 Å². The van der Waals surface area contributed by atoms with E-state index in [4.69, 9.17) is 19.6 Å². The summed E-state index contributed by atoms with van der Waals surface area (Å²) in [5, 5.41) is 15.6. The van der Waals surface area contributed by atoms with Gasteiger partial charge in [0.1, 0.15) is 17.4 Å². The molecule has 0 aliphatic carbocycles. The van der Waals surface area contributed by atoms with Crippen molar-refractivity contribution in [3.8, 4) is 5.75 Å². The lowest BCUT2D eigenvalue weighted by molar-refractivity contribution is -0.129. The topological polar surface area (TPSA) is 129 Å². The fourth-order valence-electron chi connectivity index (χ4n) is 5.05.